The van der Waals surface area contributed by atoms with E-state index in [4.69, 9.17) is 4.74 Å². The average molecular weight is 360 g/mol. The van der Waals surface area contributed by atoms with E-state index in [1.54, 1.807) is 0 Å². The number of benzene rings is 3. The zero-order valence-electron chi connectivity index (χ0n) is 15.7. The van der Waals surface area contributed by atoms with Gasteiger partial charge >= 0.3 is 5.97 Å². The van der Waals surface area contributed by atoms with Gasteiger partial charge in [-0.3, -0.25) is 4.79 Å². The van der Waals surface area contributed by atoms with Gasteiger partial charge in [0.25, 0.3) is 0 Å². The van der Waals surface area contributed by atoms with Gasteiger partial charge in [0.1, 0.15) is 25.6 Å². The molecule has 0 saturated carbocycles. The van der Waals surface area contributed by atoms with E-state index in [9.17, 15) is 4.79 Å². The van der Waals surface area contributed by atoms with Gasteiger partial charge in [0.2, 0.25) is 0 Å². The summed E-state index contributed by atoms with van der Waals surface area (Å²) < 4.78 is 5.66. The molecule has 0 spiro atoms. The lowest BCUT2D eigenvalue weighted by Crippen LogP contribution is -3.08. The second-order valence-corrected chi connectivity index (χ2v) is 6.79. The molecule has 0 heterocycles. The summed E-state index contributed by atoms with van der Waals surface area (Å²) in [5.74, 6) is -0.582. The molecule has 0 aliphatic carbocycles. The van der Waals surface area contributed by atoms with Crippen molar-refractivity contribution in [1.82, 2.24) is 0 Å². The zero-order chi connectivity index (χ0) is 18.9. The minimum absolute atomic E-state index is 0.195. The van der Waals surface area contributed by atoms with Crippen LogP contribution in [0.3, 0.4) is 0 Å². The Labute approximate surface area is 161 Å². The van der Waals surface area contributed by atoms with Gasteiger partial charge in [0, 0.05) is 5.56 Å². The average Bonchev–Trinajstić information content (AvgIpc) is 2.70. The summed E-state index contributed by atoms with van der Waals surface area (Å²) in [4.78, 5) is 14.2. The Hall–Kier alpha value is -2.91. The minimum Gasteiger partial charge on any atom is -0.459 e. The molecule has 27 heavy (non-hydrogen) atoms. The Bertz CT molecular complexity index is 779. The summed E-state index contributed by atoms with van der Waals surface area (Å²) in [6, 6.07) is 30.0. The molecule has 0 fully saturated rings. The number of carbonyl (C=O) groups is 1. The first-order valence-electron chi connectivity index (χ1n) is 9.36. The van der Waals surface area contributed by atoms with Crippen molar-refractivity contribution in [3.63, 3.8) is 0 Å². The van der Waals surface area contributed by atoms with Gasteiger partial charge in [0.15, 0.2) is 0 Å². The van der Waals surface area contributed by atoms with Crippen LogP contribution in [-0.2, 0) is 16.1 Å². The second kappa shape index (κ2) is 9.70. The van der Waals surface area contributed by atoms with Gasteiger partial charge in [-0.2, -0.15) is 0 Å². The Morgan fingerprint density at radius 1 is 0.815 bits per heavy atom. The van der Waals surface area contributed by atoms with Crippen molar-refractivity contribution in [3.8, 4) is 0 Å². The van der Waals surface area contributed by atoms with E-state index in [1.807, 2.05) is 78.9 Å². The van der Waals surface area contributed by atoms with Crippen LogP contribution in [-0.4, -0.2) is 26.2 Å². The highest BCUT2D eigenvalue weighted by Gasteiger charge is 2.24. The highest BCUT2D eigenvalue weighted by molar-refractivity contribution is 5.82. The third-order valence-electron chi connectivity index (χ3n) is 4.62. The second-order valence-electron chi connectivity index (χ2n) is 6.79. The Kier molecular flexibility index (Phi) is 6.78. The molecular weight excluding hydrogens is 334 g/mol. The smallest absolute Gasteiger partial charge is 0.318 e. The normalized spacial score (nSPS) is 11.9. The number of rotatable bonds is 8. The number of likely N-dealkylation sites (N-methyl/N-ethyl adjacent to an activating group) is 1. The van der Waals surface area contributed by atoms with E-state index in [2.05, 4.69) is 19.2 Å². The lowest BCUT2D eigenvalue weighted by atomic mass is 9.91. The van der Waals surface area contributed by atoms with Gasteiger partial charge in [-0.25, -0.2) is 0 Å². The molecule has 0 aliphatic heterocycles. The van der Waals surface area contributed by atoms with Crippen molar-refractivity contribution >= 4 is 5.97 Å². The fourth-order valence-corrected chi connectivity index (χ4v) is 3.20. The maximum Gasteiger partial charge on any atom is 0.318 e. The SMILES string of the molecule is C[NH+](CCOC(=O)C(c1ccccc1)c1ccccc1)Cc1ccccc1. The Morgan fingerprint density at radius 3 is 1.81 bits per heavy atom. The van der Waals surface area contributed by atoms with Gasteiger partial charge < -0.3 is 9.64 Å². The van der Waals surface area contributed by atoms with Crippen LogP contribution < -0.4 is 4.90 Å². The maximum absolute atomic E-state index is 12.9. The zero-order valence-corrected chi connectivity index (χ0v) is 15.7. The summed E-state index contributed by atoms with van der Waals surface area (Å²) in [5, 5.41) is 0. The number of nitrogens with one attached hydrogen (secondary N) is 1. The topological polar surface area (TPSA) is 30.7 Å². The van der Waals surface area contributed by atoms with Crippen LogP contribution in [0.4, 0.5) is 0 Å². The van der Waals surface area contributed by atoms with Gasteiger partial charge in [0.05, 0.1) is 7.05 Å². The van der Waals surface area contributed by atoms with Crippen LogP contribution in [0.1, 0.15) is 22.6 Å². The summed E-state index contributed by atoms with van der Waals surface area (Å²) >= 11 is 0. The van der Waals surface area contributed by atoms with Crippen LogP contribution in [0.2, 0.25) is 0 Å². The minimum atomic E-state index is -0.387. The number of esters is 1. The fraction of sp³-hybridized carbons (Fsp3) is 0.208. The molecule has 138 valence electrons. The van der Waals surface area contributed by atoms with Crippen LogP contribution in [0.15, 0.2) is 91.0 Å². The molecule has 3 nitrogen and oxygen atoms in total. The van der Waals surface area contributed by atoms with Crippen molar-refractivity contribution in [3.05, 3.63) is 108 Å². The Balaban J connectivity index is 1.60. The van der Waals surface area contributed by atoms with Crippen LogP contribution in [0, 0.1) is 0 Å². The van der Waals surface area contributed by atoms with Crippen molar-refractivity contribution in [1.29, 1.82) is 0 Å². The van der Waals surface area contributed by atoms with Crippen molar-refractivity contribution in [2.45, 2.75) is 12.5 Å². The third-order valence-corrected chi connectivity index (χ3v) is 4.62. The Morgan fingerprint density at radius 2 is 1.30 bits per heavy atom. The van der Waals surface area contributed by atoms with E-state index >= 15 is 0 Å². The molecule has 0 radical (unpaired) electrons. The first-order chi connectivity index (χ1) is 13.2. The number of ether oxygens (including phenoxy) is 1. The maximum atomic E-state index is 12.9. The number of carbonyl (C=O) groups excluding carboxylic acids is 1. The lowest BCUT2D eigenvalue weighted by molar-refractivity contribution is -0.893. The van der Waals surface area contributed by atoms with E-state index in [0.29, 0.717) is 6.61 Å². The summed E-state index contributed by atoms with van der Waals surface area (Å²) in [5.41, 5.74) is 3.20. The largest absolute Gasteiger partial charge is 0.459 e. The monoisotopic (exact) mass is 360 g/mol. The van der Waals surface area contributed by atoms with Gasteiger partial charge in [-0.05, 0) is 11.1 Å². The summed E-state index contributed by atoms with van der Waals surface area (Å²) in [6.07, 6.45) is 0. The molecule has 3 aromatic rings. The van der Waals surface area contributed by atoms with E-state index in [1.165, 1.54) is 10.5 Å². The third kappa shape index (κ3) is 5.53. The number of hydrogen-bond acceptors (Lipinski definition) is 2. The molecule has 3 aromatic carbocycles. The van der Waals surface area contributed by atoms with Crippen LogP contribution >= 0.6 is 0 Å². The molecule has 0 aliphatic rings. The highest BCUT2D eigenvalue weighted by Crippen LogP contribution is 2.25. The van der Waals surface area contributed by atoms with Crippen molar-refractivity contribution < 1.29 is 14.4 Å². The number of hydrogen-bond donors (Lipinski definition) is 1. The van der Waals surface area contributed by atoms with Crippen molar-refractivity contribution in [2.24, 2.45) is 0 Å². The molecule has 3 rings (SSSR count). The summed E-state index contributed by atoms with van der Waals surface area (Å²) in [7, 11) is 2.12. The lowest BCUT2D eigenvalue weighted by Gasteiger charge is -2.18. The first-order valence-corrected chi connectivity index (χ1v) is 9.36. The predicted molar refractivity (Wildman–Crippen MR) is 108 cm³/mol. The molecule has 1 N–H and O–H groups in total. The quantitative estimate of drug-likeness (QED) is 0.626. The molecule has 0 amide bonds. The summed E-state index contributed by atoms with van der Waals surface area (Å²) in [6.45, 7) is 2.10. The molecule has 1 unspecified atom stereocenters. The first kappa shape index (κ1) is 18.9. The molecule has 0 bridgehead atoms. The molecular formula is C24H26NO2+. The molecule has 0 saturated heterocycles. The standard InChI is InChI=1S/C24H25NO2/c1-25(19-20-11-5-2-6-12-20)17-18-27-24(26)23(21-13-7-3-8-14-21)22-15-9-4-10-16-22/h2-16,23H,17-19H2,1H3/p+1. The van der Waals surface area contributed by atoms with Gasteiger partial charge in [-0.1, -0.05) is 91.0 Å². The number of quaternary nitrogens is 1. The molecule has 1 atom stereocenters. The van der Waals surface area contributed by atoms with Crippen molar-refractivity contribution in [2.75, 3.05) is 20.2 Å². The fourth-order valence-electron chi connectivity index (χ4n) is 3.20. The predicted octanol–water partition coefficient (Wildman–Crippen LogP) is 3.08. The molecule has 0 aromatic heterocycles. The van der Waals surface area contributed by atoms with Crippen LogP contribution in [0.25, 0.3) is 0 Å². The highest BCUT2D eigenvalue weighted by atomic mass is 16.5. The van der Waals surface area contributed by atoms with E-state index < -0.39 is 0 Å². The van der Waals surface area contributed by atoms with E-state index in [-0.39, 0.29) is 11.9 Å². The van der Waals surface area contributed by atoms with Gasteiger partial charge in [-0.15, -0.1) is 0 Å². The van der Waals surface area contributed by atoms with E-state index in [0.717, 1.165) is 24.2 Å². The van der Waals surface area contributed by atoms with Crippen LogP contribution in [0.5, 0.6) is 0 Å². The molecule has 3 heteroatoms.